The average Bonchev–Trinajstić information content (AvgIpc) is 3.18. The second kappa shape index (κ2) is 8.11. The van der Waals surface area contributed by atoms with E-state index in [0.717, 1.165) is 27.9 Å². The van der Waals surface area contributed by atoms with Crippen LogP contribution in [-0.4, -0.2) is 15.9 Å². The monoisotopic (exact) mass is 428 g/mol. The predicted molar refractivity (Wildman–Crippen MR) is 110 cm³/mol. The molecule has 152 valence electrons. The Morgan fingerprint density at radius 2 is 1.83 bits per heavy atom. The average molecular weight is 428 g/mol. The van der Waals surface area contributed by atoms with Crippen molar-refractivity contribution in [1.82, 2.24) is 15.3 Å². The summed E-state index contributed by atoms with van der Waals surface area (Å²) in [6.07, 6.45) is -1.06. The number of alkyl halides is 3. The standard InChI is InChI=1S/C21H15F3N4OS/c22-21(23,24)15-4-6-16(7-5-15)28-20-27-12-17(30-20)11-26-19(29)14-3-8-18-13(10-14)2-1-9-25-18/h1-10,12H,11H2,(H,26,29)(H,27,28). The Bertz CT molecular complexity index is 1190. The highest BCUT2D eigenvalue weighted by Gasteiger charge is 2.29. The normalized spacial score (nSPS) is 11.4. The Morgan fingerprint density at radius 3 is 2.60 bits per heavy atom. The molecule has 2 aromatic carbocycles. The molecule has 9 heteroatoms. The van der Waals surface area contributed by atoms with Gasteiger partial charge in [-0.05, 0) is 48.5 Å². The number of carbonyl (C=O) groups is 1. The van der Waals surface area contributed by atoms with Gasteiger partial charge in [-0.15, -0.1) is 0 Å². The van der Waals surface area contributed by atoms with Crippen LogP contribution in [0.4, 0.5) is 24.0 Å². The number of benzene rings is 2. The van der Waals surface area contributed by atoms with Gasteiger partial charge in [0.05, 0.1) is 17.6 Å². The van der Waals surface area contributed by atoms with Crippen LogP contribution in [0.2, 0.25) is 0 Å². The summed E-state index contributed by atoms with van der Waals surface area (Å²) in [5.41, 5.74) is 1.14. The molecule has 0 atom stereocenters. The van der Waals surface area contributed by atoms with E-state index in [1.165, 1.54) is 23.5 Å². The zero-order valence-corrected chi connectivity index (χ0v) is 16.2. The fourth-order valence-corrected chi connectivity index (χ4v) is 3.57. The van der Waals surface area contributed by atoms with Crippen molar-refractivity contribution < 1.29 is 18.0 Å². The maximum atomic E-state index is 12.6. The summed E-state index contributed by atoms with van der Waals surface area (Å²) in [6.45, 7) is 0.288. The fraction of sp³-hybridized carbons (Fsp3) is 0.0952. The third kappa shape index (κ3) is 4.57. The van der Waals surface area contributed by atoms with Gasteiger partial charge in [-0.2, -0.15) is 13.2 Å². The molecule has 0 radical (unpaired) electrons. The van der Waals surface area contributed by atoms with Gasteiger partial charge in [0.15, 0.2) is 5.13 Å². The molecule has 0 fully saturated rings. The van der Waals surface area contributed by atoms with E-state index < -0.39 is 11.7 Å². The Hall–Kier alpha value is -3.46. The second-order valence-electron chi connectivity index (χ2n) is 6.43. The molecule has 4 rings (SSSR count). The van der Waals surface area contributed by atoms with Gasteiger partial charge in [0, 0.05) is 33.9 Å². The van der Waals surface area contributed by atoms with Crippen molar-refractivity contribution in [3.63, 3.8) is 0 Å². The maximum absolute atomic E-state index is 12.6. The molecule has 5 nitrogen and oxygen atoms in total. The van der Waals surface area contributed by atoms with Crippen LogP contribution in [0.25, 0.3) is 10.9 Å². The van der Waals surface area contributed by atoms with E-state index in [0.29, 0.717) is 16.4 Å². The highest BCUT2D eigenvalue weighted by molar-refractivity contribution is 7.15. The molecule has 0 saturated heterocycles. The molecule has 0 unspecified atom stereocenters. The first kappa shape index (κ1) is 19.8. The van der Waals surface area contributed by atoms with Crippen molar-refractivity contribution in [3.8, 4) is 0 Å². The van der Waals surface area contributed by atoms with Crippen molar-refractivity contribution in [2.24, 2.45) is 0 Å². The van der Waals surface area contributed by atoms with Crippen LogP contribution < -0.4 is 10.6 Å². The number of anilines is 2. The van der Waals surface area contributed by atoms with Gasteiger partial charge in [-0.25, -0.2) is 4.98 Å². The largest absolute Gasteiger partial charge is 0.416 e. The minimum atomic E-state index is -4.37. The van der Waals surface area contributed by atoms with E-state index in [4.69, 9.17) is 0 Å². The minimum absolute atomic E-state index is 0.216. The second-order valence-corrected chi connectivity index (χ2v) is 7.54. The van der Waals surface area contributed by atoms with Crippen molar-refractivity contribution in [2.75, 3.05) is 5.32 Å². The molecule has 4 aromatic rings. The summed E-state index contributed by atoms with van der Waals surface area (Å²) >= 11 is 1.31. The van der Waals surface area contributed by atoms with Crippen LogP contribution in [0, 0.1) is 0 Å². The number of fused-ring (bicyclic) bond motifs is 1. The van der Waals surface area contributed by atoms with Gasteiger partial charge in [0.1, 0.15) is 0 Å². The number of carbonyl (C=O) groups excluding carboxylic acids is 1. The lowest BCUT2D eigenvalue weighted by Gasteiger charge is -2.07. The van der Waals surface area contributed by atoms with Crippen LogP contribution in [-0.2, 0) is 12.7 Å². The first-order chi connectivity index (χ1) is 14.4. The van der Waals surface area contributed by atoms with Gasteiger partial charge >= 0.3 is 6.18 Å². The van der Waals surface area contributed by atoms with Crippen molar-refractivity contribution >= 4 is 39.0 Å². The number of hydrogen-bond acceptors (Lipinski definition) is 5. The van der Waals surface area contributed by atoms with Crippen molar-refractivity contribution in [2.45, 2.75) is 12.7 Å². The number of thiazole rings is 1. The van der Waals surface area contributed by atoms with E-state index in [1.807, 2.05) is 12.1 Å². The Labute approximate surface area is 173 Å². The lowest BCUT2D eigenvalue weighted by atomic mass is 10.1. The van der Waals surface area contributed by atoms with Crippen LogP contribution in [0.1, 0.15) is 20.8 Å². The number of rotatable bonds is 5. The zero-order valence-electron chi connectivity index (χ0n) is 15.4. The maximum Gasteiger partial charge on any atom is 0.416 e. The smallest absolute Gasteiger partial charge is 0.347 e. The number of amides is 1. The molecule has 30 heavy (non-hydrogen) atoms. The molecular weight excluding hydrogens is 413 g/mol. The lowest BCUT2D eigenvalue weighted by molar-refractivity contribution is -0.137. The van der Waals surface area contributed by atoms with Crippen LogP contribution in [0.3, 0.4) is 0 Å². The minimum Gasteiger partial charge on any atom is -0.347 e. The van der Waals surface area contributed by atoms with Crippen LogP contribution in [0.15, 0.2) is 67.0 Å². The molecule has 0 spiro atoms. The molecular formula is C21H15F3N4OS. The quantitative estimate of drug-likeness (QED) is 0.448. The molecule has 2 N–H and O–H groups in total. The number of pyridine rings is 1. The summed E-state index contributed by atoms with van der Waals surface area (Å²) in [7, 11) is 0. The first-order valence-electron chi connectivity index (χ1n) is 8.90. The van der Waals surface area contributed by atoms with Gasteiger partial charge in [-0.3, -0.25) is 9.78 Å². The number of hydrogen-bond donors (Lipinski definition) is 2. The summed E-state index contributed by atoms with van der Waals surface area (Å²) in [4.78, 5) is 21.7. The molecule has 1 amide bonds. The summed E-state index contributed by atoms with van der Waals surface area (Å²) in [5.74, 6) is -0.216. The first-order valence-corrected chi connectivity index (χ1v) is 9.72. The topological polar surface area (TPSA) is 66.9 Å². The van der Waals surface area contributed by atoms with Gasteiger partial charge in [-0.1, -0.05) is 17.4 Å². The molecule has 2 aromatic heterocycles. The predicted octanol–water partition coefficient (Wildman–Crippen LogP) is 5.38. The summed E-state index contributed by atoms with van der Waals surface area (Å²) in [5, 5.41) is 7.21. The summed E-state index contributed by atoms with van der Waals surface area (Å²) < 4.78 is 37.9. The molecule has 2 heterocycles. The third-order valence-electron chi connectivity index (χ3n) is 4.31. The number of nitrogens with one attached hydrogen (secondary N) is 2. The van der Waals surface area contributed by atoms with E-state index in [-0.39, 0.29) is 12.5 Å². The SMILES string of the molecule is O=C(NCc1cnc(Nc2ccc(C(F)(F)F)cc2)s1)c1ccc2ncccc2c1. The van der Waals surface area contributed by atoms with Crippen molar-refractivity contribution in [1.29, 1.82) is 0 Å². The van der Waals surface area contributed by atoms with Gasteiger partial charge in [0.25, 0.3) is 5.91 Å². The highest BCUT2D eigenvalue weighted by Crippen LogP contribution is 2.31. The van der Waals surface area contributed by atoms with Gasteiger partial charge in [0.2, 0.25) is 0 Å². The molecule has 0 aliphatic carbocycles. The summed E-state index contributed by atoms with van der Waals surface area (Å²) in [6, 6.07) is 13.7. The number of halogens is 3. The number of aromatic nitrogens is 2. The Balaban J connectivity index is 1.36. The molecule has 0 saturated carbocycles. The van der Waals surface area contributed by atoms with E-state index in [9.17, 15) is 18.0 Å². The Kier molecular flexibility index (Phi) is 5.37. The van der Waals surface area contributed by atoms with Crippen LogP contribution in [0.5, 0.6) is 0 Å². The van der Waals surface area contributed by atoms with Crippen molar-refractivity contribution in [3.05, 3.63) is 83.0 Å². The van der Waals surface area contributed by atoms with E-state index >= 15 is 0 Å². The molecule has 0 aliphatic heterocycles. The van der Waals surface area contributed by atoms with Gasteiger partial charge < -0.3 is 10.6 Å². The van der Waals surface area contributed by atoms with Crippen LogP contribution >= 0.6 is 11.3 Å². The fourth-order valence-electron chi connectivity index (χ4n) is 2.80. The van der Waals surface area contributed by atoms with E-state index in [2.05, 4.69) is 20.6 Å². The zero-order chi connectivity index (χ0) is 21.1. The Morgan fingerprint density at radius 1 is 1.03 bits per heavy atom. The molecule has 0 bridgehead atoms. The van der Waals surface area contributed by atoms with E-state index in [1.54, 1.807) is 30.6 Å². The lowest BCUT2D eigenvalue weighted by Crippen LogP contribution is -2.22. The third-order valence-corrected chi connectivity index (χ3v) is 5.22. The number of nitrogens with zero attached hydrogens (tertiary/aromatic N) is 2. The molecule has 0 aliphatic rings. The highest BCUT2D eigenvalue weighted by atomic mass is 32.1.